The highest BCUT2D eigenvalue weighted by molar-refractivity contribution is 5.90. The first-order valence-corrected chi connectivity index (χ1v) is 11.6. The van der Waals surface area contributed by atoms with Crippen LogP contribution in [0.1, 0.15) is 19.7 Å². The third kappa shape index (κ3) is 4.05. The number of halogens is 1. The van der Waals surface area contributed by atoms with Gasteiger partial charge < -0.3 is 29.6 Å². The first-order chi connectivity index (χ1) is 16.5. The van der Waals surface area contributed by atoms with E-state index in [2.05, 4.69) is 15.5 Å². The van der Waals surface area contributed by atoms with Gasteiger partial charge in [-0.3, -0.25) is 0 Å². The van der Waals surface area contributed by atoms with Crippen LogP contribution in [-0.2, 0) is 21.7 Å². The zero-order chi connectivity index (χ0) is 23.7. The topological polar surface area (TPSA) is 106 Å². The fourth-order valence-electron chi connectivity index (χ4n) is 4.20. The van der Waals surface area contributed by atoms with Crippen LogP contribution >= 0.6 is 0 Å². The van der Waals surface area contributed by atoms with E-state index in [9.17, 15) is 4.79 Å². The normalized spacial score (nSPS) is 17.4. The van der Waals surface area contributed by atoms with Gasteiger partial charge in [0.05, 0.1) is 26.4 Å². The summed E-state index contributed by atoms with van der Waals surface area (Å²) in [4.78, 5) is 28.3. The molecule has 0 bridgehead atoms. The number of nitrogens with one attached hydrogen (secondary N) is 2. The van der Waals surface area contributed by atoms with E-state index < -0.39 is 5.67 Å². The van der Waals surface area contributed by atoms with Crippen LogP contribution in [-0.4, -0.2) is 71.6 Å². The van der Waals surface area contributed by atoms with Gasteiger partial charge in [0.15, 0.2) is 28.6 Å². The summed E-state index contributed by atoms with van der Waals surface area (Å²) in [5.74, 6) is 1.52. The molecular formula is C23H28FN7O3. The number of ether oxygens (including phenoxy) is 2. The van der Waals surface area contributed by atoms with E-state index in [-0.39, 0.29) is 19.2 Å². The van der Waals surface area contributed by atoms with Gasteiger partial charge in [0.1, 0.15) is 0 Å². The lowest BCUT2D eigenvalue weighted by Crippen LogP contribution is -2.44. The molecule has 10 nitrogen and oxygen atoms in total. The van der Waals surface area contributed by atoms with Crippen molar-refractivity contribution in [2.75, 3.05) is 56.3 Å². The number of hydrogen-bond acceptors (Lipinski definition) is 7. The summed E-state index contributed by atoms with van der Waals surface area (Å²) in [5, 5.41) is 5.49. The lowest BCUT2D eigenvalue weighted by molar-refractivity contribution is -0.141. The Morgan fingerprint density at radius 1 is 1.09 bits per heavy atom. The second kappa shape index (κ2) is 9.15. The van der Waals surface area contributed by atoms with Crippen LogP contribution in [0.4, 0.5) is 20.7 Å². The van der Waals surface area contributed by atoms with Crippen molar-refractivity contribution in [3.63, 3.8) is 0 Å². The lowest BCUT2D eigenvalue weighted by atomic mass is 10.0. The highest BCUT2D eigenvalue weighted by Gasteiger charge is 2.45. The van der Waals surface area contributed by atoms with Crippen molar-refractivity contribution in [3.05, 3.63) is 30.1 Å². The average molecular weight is 470 g/mol. The van der Waals surface area contributed by atoms with Crippen molar-refractivity contribution in [3.8, 4) is 11.4 Å². The van der Waals surface area contributed by atoms with Gasteiger partial charge in [0, 0.05) is 37.4 Å². The zero-order valence-corrected chi connectivity index (χ0v) is 19.3. The molecule has 4 heterocycles. The van der Waals surface area contributed by atoms with E-state index in [1.165, 1.54) is 0 Å². The van der Waals surface area contributed by atoms with Crippen molar-refractivity contribution in [1.29, 1.82) is 0 Å². The molecule has 11 heteroatoms. The summed E-state index contributed by atoms with van der Waals surface area (Å²) in [7, 11) is 0. The molecule has 0 radical (unpaired) electrons. The first-order valence-electron chi connectivity index (χ1n) is 11.6. The minimum absolute atomic E-state index is 0.0104. The molecule has 2 aromatic heterocycles. The van der Waals surface area contributed by atoms with Crippen LogP contribution in [0.2, 0.25) is 0 Å². The molecule has 0 unspecified atom stereocenters. The number of fused-ring (bicyclic) bond motifs is 1. The smallest absolute Gasteiger partial charge is 0.319 e. The Morgan fingerprint density at radius 2 is 1.82 bits per heavy atom. The number of urea groups is 1. The van der Waals surface area contributed by atoms with Crippen molar-refractivity contribution < 1.29 is 18.7 Å². The van der Waals surface area contributed by atoms with E-state index in [0.29, 0.717) is 73.7 Å². The second-order valence-electron chi connectivity index (χ2n) is 8.34. The Bertz CT molecular complexity index is 1190. The van der Waals surface area contributed by atoms with Crippen LogP contribution in [0.25, 0.3) is 22.6 Å². The molecule has 2 aliphatic heterocycles. The quantitative estimate of drug-likeness (QED) is 0.572. The number of aromatic nitrogens is 4. The predicted octanol–water partition coefficient (Wildman–Crippen LogP) is 2.69. The molecule has 2 N–H and O–H groups in total. The molecule has 5 rings (SSSR count). The molecule has 0 aliphatic carbocycles. The maximum Gasteiger partial charge on any atom is 0.319 e. The number of carbonyl (C=O) groups excluding carboxylic acids is 1. The molecule has 0 spiro atoms. The number of carbonyl (C=O) groups is 1. The monoisotopic (exact) mass is 469 g/mol. The Morgan fingerprint density at radius 3 is 2.44 bits per heavy atom. The fraction of sp³-hybridized carbons (Fsp3) is 0.478. The van der Waals surface area contributed by atoms with Gasteiger partial charge in [-0.1, -0.05) is 0 Å². The summed E-state index contributed by atoms with van der Waals surface area (Å²) in [6, 6.07) is 7.06. The van der Waals surface area contributed by atoms with E-state index in [0.717, 1.165) is 5.56 Å². The number of aryl methyl sites for hydroxylation is 1. The van der Waals surface area contributed by atoms with E-state index in [1.54, 1.807) is 12.1 Å². The van der Waals surface area contributed by atoms with Gasteiger partial charge in [-0.2, -0.15) is 0 Å². The predicted molar refractivity (Wildman–Crippen MR) is 126 cm³/mol. The van der Waals surface area contributed by atoms with Crippen LogP contribution in [0.5, 0.6) is 0 Å². The molecule has 1 aromatic carbocycles. The molecule has 180 valence electrons. The maximum absolute atomic E-state index is 15.4. The van der Waals surface area contributed by atoms with Gasteiger partial charge >= 0.3 is 6.03 Å². The summed E-state index contributed by atoms with van der Waals surface area (Å²) < 4.78 is 27.9. The third-order valence-corrected chi connectivity index (χ3v) is 6.00. The minimum atomic E-state index is -1.62. The van der Waals surface area contributed by atoms with Crippen LogP contribution in [0, 0.1) is 0 Å². The lowest BCUT2D eigenvalue weighted by Gasteiger charge is -2.33. The standard InChI is InChI=1S/C23H28FN7O3/c1-3-25-22(32)26-16-7-5-15(6-8-16)18-28-19(30-9-11-33-12-10-30)17-20(29-18)31(4-2)21(27-17)23(24)13-34-14-23/h5-8H,3-4,9-14H2,1-2H3,(H2,25,26,32). The SMILES string of the molecule is CCNC(=O)Nc1ccc(-c2nc(N3CCOCC3)c3nc(C4(F)COC4)n(CC)c3n2)cc1. The number of amides is 2. The number of anilines is 2. The number of rotatable bonds is 6. The molecule has 0 atom stereocenters. The van der Waals surface area contributed by atoms with Gasteiger partial charge in [-0.05, 0) is 38.1 Å². The molecule has 34 heavy (non-hydrogen) atoms. The molecule has 0 saturated carbocycles. The summed E-state index contributed by atoms with van der Waals surface area (Å²) in [6.45, 7) is 7.36. The Balaban J connectivity index is 1.59. The largest absolute Gasteiger partial charge is 0.378 e. The van der Waals surface area contributed by atoms with Crippen LogP contribution < -0.4 is 15.5 Å². The van der Waals surface area contributed by atoms with Crippen molar-refractivity contribution in [1.82, 2.24) is 24.8 Å². The van der Waals surface area contributed by atoms with Crippen LogP contribution in [0.3, 0.4) is 0 Å². The Labute approximate surface area is 196 Å². The number of alkyl halides is 1. The summed E-state index contributed by atoms with van der Waals surface area (Å²) in [6.07, 6.45) is 0. The number of hydrogen-bond donors (Lipinski definition) is 2. The van der Waals surface area contributed by atoms with Gasteiger partial charge in [0.25, 0.3) is 0 Å². The number of morpholine rings is 1. The Hall–Kier alpha value is -3.31. The second-order valence-corrected chi connectivity index (χ2v) is 8.34. The van der Waals surface area contributed by atoms with E-state index in [1.807, 2.05) is 30.5 Å². The molecule has 2 amide bonds. The summed E-state index contributed by atoms with van der Waals surface area (Å²) >= 11 is 0. The molecular weight excluding hydrogens is 441 g/mol. The van der Waals surface area contributed by atoms with Crippen LogP contribution in [0.15, 0.2) is 24.3 Å². The fourth-order valence-corrected chi connectivity index (χ4v) is 4.20. The molecule has 2 saturated heterocycles. The summed E-state index contributed by atoms with van der Waals surface area (Å²) in [5.41, 5.74) is 1.00. The van der Waals surface area contributed by atoms with E-state index >= 15 is 4.39 Å². The molecule has 2 aliphatic rings. The van der Waals surface area contributed by atoms with Crippen molar-refractivity contribution in [2.45, 2.75) is 26.1 Å². The third-order valence-electron chi connectivity index (χ3n) is 6.00. The van der Waals surface area contributed by atoms with Gasteiger partial charge in [0.2, 0.25) is 5.67 Å². The minimum Gasteiger partial charge on any atom is -0.378 e. The number of nitrogens with zero attached hydrogens (tertiary/aromatic N) is 5. The number of benzene rings is 1. The van der Waals surface area contributed by atoms with Gasteiger partial charge in [-0.25, -0.2) is 24.1 Å². The molecule has 2 fully saturated rings. The maximum atomic E-state index is 15.4. The van der Waals surface area contributed by atoms with E-state index in [4.69, 9.17) is 24.4 Å². The van der Waals surface area contributed by atoms with Crippen molar-refractivity contribution in [2.24, 2.45) is 0 Å². The van der Waals surface area contributed by atoms with Gasteiger partial charge in [-0.15, -0.1) is 0 Å². The highest BCUT2D eigenvalue weighted by atomic mass is 19.1. The Kier molecular flexibility index (Phi) is 6.05. The first kappa shape index (κ1) is 22.5. The average Bonchev–Trinajstić information content (AvgIpc) is 3.22. The zero-order valence-electron chi connectivity index (χ0n) is 19.3. The van der Waals surface area contributed by atoms with Crippen molar-refractivity contribution >= 4 is 28.7 Å². The number of imidazole rings is 1. The highest BCUT2D eigenvalue weighted by Crippen LogP contribution is 2.37. The molecule has 3 aromatic rings.